The van der Waals surface area contributed by atoms with Crippen molar-refractivity contribution in [1.29, 1.82) is 0 Å². The second-order valence-electron chi connectivity index (χ2n) is 10.8. The second kappa shape index (κ2) is 19.9. The predicted molar refractivity (Wildman–Crippen MR) is 179 cm³/mol. The molecule has 1 atom stereocenters. The molecule has 0 bridgehead atoms. The highest BCUT2D eigenvalue weighted by atomic mass is 35.5. The van der Waals surface area contributed by atoms with E-state index in [1.165, 1.54) is 49.5 Å². The molecule has 0 spiro atoms. The maximum Gasteiger partial charge on any atom is 0.308 e. The summed E-state index contributed by atoms with van der Waals surface area (Å²) in [6.45, 7) is 10.5. The molecular weight excluding hydrogens is 596 g/mol. The van der Waals surface area contributed by atoms with Crippen molar-refractivity contribution in [2.75, 3.05) is 47.1 Å². The number of aliphatic hydroxyl groups excluding tert-OH is 2. The van der Waals surface area contributed by atoms with Gasteiger partial charge in [-0.2, -0.15) is 0 Å². The van der Waals surface area contributed by atoms with E-state index < -0.39 is 11.9 Å². The predicted octanol–water partition coefficient (Wildman–Crippen LogP) is 5.84. The number of methoxy groups -OCH3 is 1. The molecule has 1 aliphatic heterocycles. The van der Waals surface area contributed by atoms with Crippen molar-refractivity contribution < 1.29 is 34.3 Å². The van der Waals surface area contributed by atoms with E-state index in [-0.39, 0.29) is 6.61 Å². The van der Waals surface area contributed by atoms with Crippen molar-refractivity contribution in [2.24, 2.45) is 11.7 Å². The summed E-state index contributed by atoms with van der Waals surface area (Å²) < 4.78 is 17.8. The monoisotopic (exact) mass is 644 g/mol. The van der Waals surface area contributed by atoms with Gasteiger partial charge in [0.1, 0.15) is 23.9 Å². The van der Waals surface area contributed by atoms with Crippen LogP contribution in [-0.4, -0.2) is 73.3 Å². The van der Waals surface area contributed by atoms with Crippen LogP contribution in [0.4, 0.5) is 0 Å². The summed E-state index contributed by atoms with van der Waals surface area (Å²) in [6, 6.07) is 16.2. The molecule has 0 saturated carbocycles. The van der Waals surface area contributed by atoms with Gasteiger partial charge in [0.2, 0.25) is 0 Å². The lowest BCUT2D eigenvalue weighted by molar-refractivity contribution is -0.142. The van der Waals surface area contributed by atoms with Gasteiger partial charge in [-0.3, -0.25) is 4.79 Å². The number of halogens is 1. The molecule has 5 N–H and O–H groups in total. The van der Waals surface area contributed by atoms with Crippen molar-refractivity contribution in [3.05, 3.63) is 75.8 Å². The Morgan fingerprint density at radius 3 is 2.18 bits per heavy atom. The third-order valence-electron chi connectivity index (χ3n) is 7.73. The van der Waals surface area contributed by atoms with E-state index in [1.807, 2.05) is 0 Å². The van der Waals surface area contributed by atoms with Crippen LogP contribution >= 0.6 is 11.6 Å². The molecule has 0 amide bonds. The number of hydrogen-bond donors (Lipinski definition) is 4. The summed E-state index contributed by atoms with van der Waals surface area (Å²) in [5.41, 5.74) is 12.4. The Morgan fingerprint density at radius 2 is 1.60 bits per heavy atom. The second-order valence-corrected chi connectivity index (χ2v) is 11.2. The van der Waals surface area contributed by atoms with Gasteiger partial charge in [-0.25, -0.2) is 0 Å². The quantitative estimate of drug-likeness (QED) is 0.169. The first-order valence-electron chi connectivity index (χ1n) is 15.2. The number of nitrogens with zero attached hydrogens (tertiary/aromatic N) is 1. The van der Waals surface area contributed by atoms with Crippen molar-refractivity contribution in [2.45, 2.75) is 53.2 Å². The number of carboxylic acid groups (broad SMARTS) is 1. The Balaban J connectivity index is 0.000000692. The number of carboxylic acids is 1. The van der Waals surface area contributed by atoms with E-state index in [0.717, 1.165) is 49.1 Å². The van der Waals surface area contributed by atoms with Crippen molar-refractivity contribution in [3.63, 3.8) is 0 Å². The van der Waals surface area contributed by atoms with Crippen LogP contribution in [0.15, 0.2) is 48.5 Å². The molecule has 3 aromatic rings. The van der Waals surface area contributed by atoms with Crippen LogP contribution < -0.4 is 19.9 Å². The van der Waals surface area contributed by atoms with Crippen LogP contribution in [0.2, 0.25) is 5.02 Å². The Labute approximate surface area is 272 Å². The van der Waals surface area contributed by atoms with Crippen LogP contribution in [0.5, 0.6) is 17.2 Å². The third-order valence-corrected chi connectivity index (χ3v) is 8.02. The first kappa shape index (κ1) is 37.8. The summed E-state index contributed by atoms with van der Waals surface area (Å²) in [5, 5.41) is 23.7. The molecule has 1 heterocycles. The Hall–Kier alpha value is -3.34. The number of aliphatic carboxylic acids is 1. The van der Waals surface area contributed by atoms with Crippen LogP contribution in [0.3, 0.4) is 0 Å². The number of benzene rings is 3. The fourth-order valence-electron chi connectivity index (χ4n) is 4.94. The molecule has 1 aliphatic rings. The highest BCUT2D eigenvalue weighted by molar-refractivity contribution is 6.32. The number of aliphatic hydroxyl groups is 2. The average Bonchev–Trinajstić information content (AvgIpc) is 3.58. The normalized spacial score (nSPS) is 13.2. The minimum absolute atomic E-state index is 0.282. The number of ether oxygens (including phenoxy) is 3. The highest BCUT2D eigenvalue weighted by Gasteiger charge is 2.15. The zero-order chi connectivity index (χ0) is 33.4. The number of rotatable bonds is 13. The molecule has 0 aromatic heterocycles. The molecule has 1 saturated heterocycles. The molecule has 9 nitrogen and oxygen atoms in total. The van der Waals surface area contributed by atoms with Gasteiger partial charge in [0.05, 0.1) is 31.3 Å². The van der Waals surface area contributed by atoms with Gasteiger partial charge in [-0.05, 0) is 93.1 Å². The maximum atomic E-state index is 9.77. The maximum absolute atomic E-state index is 9.77. The zero-order valence-electron chi connectivity index (χ0n) is 27.1. The lowest BCUT2D eigenvalue weighted by Crippen LogP contribution is -2.22. The van der Waals surface area contributed by atoms with Gasteiger partial charge in [0.25, 0.3) is 0 Å². The molecule has 248 valence electrons. The molecular formula is C35H49ClN2O7. The molecule has 10 heteroatoms. The Kier molecular flexibility index (Phi) is 16.8. The summed E-state index contributed by atoms with van der Waals surface area (Å²) in [7, 11) is 2.62. The van der Waals surface area contributed by atoms with Gasteiger partial charge in [0, 0.05) is 31.8 Å². The van der Waals surface area contributed by atoms with Gasteiger partial charge < -0.3 is 40.2 Å². The smallest absolute Gasteiger partial charge is 0.308 e. The van der Waals surface area contributed by atoms with E-state index in [1.54, 1.807) is 19.2 Å². The topological polar surface area (TPSA) is 135 Å². The molecule has 3 aromatic carbocycles. The van der Waals surface area contributed by atoms with Crippen molar-refractivity contribution >= 4 is 17.6 Å². The summed E-state index contributed by atoms with van der Waals surface area (Å²) in [5.74, 6) is 0.627. The van der Waals surface area contributed by atoms with E-state index >= 15 is 0 Å². The SMILES string of the molecule is CO.COc1cc(OCc2cccc(-c3cccc(OCCCN4CCCC4)c3C)c2C)c(Cl)cc1CN.C[C@@H](CO)C(=O)O. The van der Waals surface area contributed by atoms with E-state index in [2.05, 4.69) is 55.1 Å². The Bertz CT molecular complexity index is 1350. The lowest BCUT2D eigenvalue weighted by Gasteiger charge is -2.18. The Morgan fingerprint density at radius 1 is 0.956 bits per heavy atom. The van der Waals surface area contributed by atoms with Gasteiger partial charge in [-0.1, -0.05) is 41.9 Å². The lowest BCUT2D eigenvalue weighted by atomic mass is 9.93. The van der Waals surface area contributed by atoms with Gasteiger partial charge in [0.15, 0.2) is 0 Å². The summed E-state index contributed by atoms with van der Waals surface area (Å²) >= 11 is 6.44. The standard InChI is InChI=1S/C30H37ClN2O3.C4H8O3.CH4O/c1-21-23(20-36-30-18-29(34-3)24(19-32)17-27(30)31)9-6-10-25(21)26-11-7-12-28(22(26)2)35-16-8-15-33-13-4-5-14-33;1-3(2-5)4(6)7;1-2/h6-7,9-12,17-18H,4-5,8,13-16,19-20,32H2,1-3H3;3,5H,2H2,1H3,(H,6,7);2H,1H3/t;3-;/m.0./s1. The molecule has 1 fully saturated rings. The van der Waals surface area contributed by atoms with E-state index in [0.29, 0.717) is 29.7 Å². The molecule has 0 aliphatic carbocycles. The largest absolute Gasteiger partial charge is 0.496 e. The van der Waals surface area contributed by atoms with Crippen molar-refractivity contribution in [3.8, 4) is 28.4 Å². The van der Waals surface area contributed by atoms with Crippen LogP contribution in [-0.2, 0) is 17.9 Å². The number of likely N-dealkylation sites (tertiary alicyclic amines) is 1. The van der Waals surface area contributed by atoms with Crippen molar-refractivity contribution in [1.82, 2.24) is 4.90 Å². The first-order chi connectivity index (χ1) is 21.7. The number of carbonyl (C=O) groups is 1. The van der Waals surface area contributed by atoms with Crippen LogP contribution in [0, 0.1) is 19.8 Å². The number of hydrogen-bond acceptors (Lipinski definition) is 8. The fraction of sp³-hybridized carbons (Fsp3) is 0.457. The van der Waals surface area contributed by atoms with Crippen LogP contribution in [0.1, 0.15) is 48.4 Å². The number of nitrogens with two attached hydrogens (primary N) is 1. The minimum Gasteiger partial charge on any atom is -0.496 e. The van der Waals surface area contributed by atoms with Gasteiger partial charge >= 0.3 is 5.97 Å². The minimum atomic E-state index is -0.956. The van der Waals surface area contributed by atoms with Gasteiger partial charge in [-0.15, -0.1) is 0 Å². The summed E-state index contributed by atoms with van der Waals surface area (Å²) in [6.07, 6.45) is 3.70. The first-order valence-corrected chi connectivity index (χ1v) is 15.6. The van der Waals surface area contributed by atoms with E-state index in [4.69, 9.17) is 46.9 Å². The third kappa shape index (κ3) is 11.2. The zero-order valence-corrected chi connectivity index (χ0v) is 27.9. The highest BCUT2D eigenvalue weighted by Crippen LogP contribution is 2.35. The summed E-state index contributed by atoms with van der Waals surface area (Å²) in [4.78, 5) is 12.3. The molecule has 45 heavy (non-hydrogen) atoms. The molecule has 0 unspecified atom stereocenters. The average molecular weight is 645 g/mol. The molecule has 0 radical (unpaired) electrons. The molecule has 4 rings (SSSR count). The fourth-order valence-corrected chi connectivity index (χ4v) is 5.18. The van der Waals surface area contributed by atoms with E-state index in [9.17, 15) is 4.79 Å². The van der Waals surface area contributed by atoms with Crippen LogP contribution in [0.25, 0.3) is 11.1 Å².